The van der Waals surface area contributed by atoms with E-state index in [0.29, 0.717) is 4.47 Å². The Balaban J connectivity index is 3.26. The third-order valence-corrected chi connectivity index (χ3v) is 2.78. The van der Waals surface area contributed by atoms with Crippen LogP contribution in [0.1, 0.15) is 10.4 Å². The second-order valence-electron chi connectivity index (χ2n) is 2.35. The third-order valence-electron chi connectivity index (χ3n) is 1.52. The van der Waals surface area contributed by atoms with Crippen LogP contribution >= 0.6 is 27.5 Å². The summed E-state index contributed by atoms with van der Waals surface area (Å²) in [5, 5.41) is -0.0979. The molecule has 0 saturated heterocycles. The van der Waals surface area contributed by atoms with Crippen molar-refractivity contribution in [3.05, 3.63) is 33.0 Å². The quantitative estimate of drug-likeness (QED) is 0.660. The van der Waals surface area contributed by atoms with Crippen LogP contribution in [0, 0.1) is 5.82 Å². The molecule has 0 aliphatic rings. The predicted molar refractivity (Wildman–Crippen MR) is 52.5 cm³/mol. The van der Waals surface area contributed by atoms with Gasteiger partial charge in [0, 0.05) is 4.47 Å². The summed E-state index contributed by atoms with van der Waals surface area (Å²) in [5.41, 5.74) is 5.02. The highest BCUT2D eigenvalue weighted by atomic mass is 79.9. The van der Waals surface area contributed by atoms with Gasteiger partial charge in [0.2, 0.25) is 0 Å². The fourth-order valence-electron chi connectivity index (χ4n) is 0.851. The van der Waals surface area contributed by atoms with Gasteiger partial charge in [0.15, 0.2) is 11.6 Å². The lowest BCUT2D eigenvalue weighted by Crippen LogP contribution is -2.15. The smallest absolute Gasteiger partial charge is 0.179 e. The van der Waals surface area contributed by atoms with Crippen molar-refractivity contribution in [1.82, 2.24) is 0 Å². The molecule has 1 aromatic carbocycles. The number of hydrogen-bond acceptors (Lipinski definition) is 2. The van der Waals surface area contributed by atoms with Crippen LogP contribution in [0.5, 0.6) is 0 Å². The van der Waals surface area contributed by atoms with E-state index in [2.05, 4.69) is 15.9 Å². The van der Waals surface area contributed by atoms with Gasteiger partial charge in [-0.25, -0.2) is 4.39 Å². The second-order valence-corrected chi connectivity index (χ2v) is 3.58. The molecule has 2 nitrogen and oxygen atoms in total. The summed E-state index contributed by atoms with van der Waals surface area (Å²) >= 11 is 8.61. The fraction of sp³-hybridized carbons (Fsp3) is 0.125. The van der Waals surface area contributed by atoms with Gasteiger partial charge in [0.1, 0.15) is 0 Å². The van der Waals surface area contributed by atoms with Crippen molar-refractivity contribution >= 4 is 33.3 Å². The van der Waals surface area contributed by atoms with Crippen molar-refractivity contribution in [3.8, 4) is 0 Å². The lowest BCUT2D eigenvalue weighted by molar-refractivity contribution is 0.0997. The number of Topliss-reactive ketones (excluding diaryl/α,β-unsaturated/α-hetero) is 1. The normalized spacial score (nSPS) is 10.2. The number of hydrogen-bond donors (Lipinski definition) is 1. The number of benzene rings is 1. The molecule has 0 saturated carbocycles. The Bertz CT molecular complexity index is 356. The first kappa shape index (κ1) is 10.6. The lowest BCUT2D eigenvalue weighted by Gasteiger charge is -2.03. The maximum atomic E-state index is 13.3. The molecule has 0 bridgehead atoms. The van der Waals surface area contributed by atoms with E-state index in [1.807, 2.05) is 0 Å². The molecule has 0 spiro atoms. The van der Waals surface area contributed by atoms with Crippen molar-refractivity contribution in [2.24, 2.45) is 5.73 Å². The predicted octanol–water partition coefficient (Wildman–Crippen LogP) is 2.38. The van der Waals surface area contributed by atoms with Gasteiger partial charge in [-0.3, -0.25) is 4.79 Å². The molecule has 70 valence electrons. The Morgan fingerprint density at radius 3 is 2.77 bits per heavy atom. The zero-order chi connectivity index (χ0) is 10.0. The molecule has 1 rings (SSSR count). The topological polar surface area (TPSA) is 43.1 Å². The molecule has 0 heterocycles. The molecule has 0 amide bonds. The Kier molecular flexibility index (Phi) is 3.41. The molecule has 5 heteroatoms. The molecule has 13 heavy (non-hydrogen) atoms. The molecule has 0 fully saturated rings. The zero-order valence-electron chi connectivity index (χ0n) is 6.48. The SMILES string of the molecule is NCC(=O)c1ccc(Br)c(Cl)c1F. The van der Waals surface area contributed by atoms with Crippen molar-refractivity contribution in [2.45, 2.75) is 0 Å². The van der Waals surface area contributed by atoms with Crippen molar-refractivity contribution in [3.63, 3.8) is 0 Å². The average Bonchev–Trinajstić information content (AvgIpc) is 2.13. The summed E-state index contributed by atoms with van der Waals surface area (Å²) in [4.78, 5) is 11.1. The van der Waals surface area contributed by atoms with Gasteiger partial charge in [-0.05, 0) is 28.1 Å². The molecule has 0 radical (unpaired) electrons. The Morgan fingerprint density at radius 2 is 2.23 bits per heavy atom. The summed E-state index contributed by atoms with van der Waals surface area (Å²) < 4.78 is 13.7. The molecule has 0 unspecified atom stereocenters. The first-order valence-electron chi connectivity index (χ1n) is 3.44. The van der Waals surface area contributed by atoms with Crippen molar-refractivity contribution in [2.75, 3.05) is 6.54 Å². The molecule has 2 N–H and O–H groups in total. The van der Waals surface area contributed by atoms with Crippen LogP contribution in [-0.4, -0.2) is 12.3 Å². The minimum Gasteiger partial charge on any atom is -0.324 e. The molecule has 0 aliphatic heterocycles. The van der Waals surface area contributed by atoms with Crippen LogP contribution in [0.25, 0.3) is 0 Å². The molecule has 0 aliphatic carbocycles. The van der Waals surface area contributed by atoms with Crippen LogP contribution < -0.4 is 5.73 Å². The Hall–Kier alpha value is -0.450. The number of rotatable bonds is 2. The number of carbonyl (C=O) groups excluding carboxylic acids is 1. The highest BCUT2D eigenvalue weighted by Gasteiger charge is 2.14. The highest BCUT2D eigenvalue weighted by molar-refractivity contribution is 9.10. The van der Waals surface area contributed by atoms with E-state index < -0.39 is 11.6 Å². The molecular formula is C8H6BrClFNO. The second kappa shape index (κ2) is 4.17. The van der Waals surface area contributed by atoms with E-state index in [9.17, 15) is 9.18 Å². The summed E-state index contributed by atoms with van der Waals surface area (Å²) in [6, 6.07) is 2.86. The summed E-state index contributed by atoms with van der Waals surface area (Å²) in [5.74, 6) is -1.20. The van der Waals surface area contributed by atoms with Crippen molar-refractivity contribution < 1.29 is 9.18 Å². The van der Waals surface area contributed by atoms with Crippen LogP contribution in [-0.2, 0) is 0 Å². The van der Waals surface area contributed by atoms with Crippen LogP contribution in [0.4, 0.5) is 4.39 Å². The molecule has 0 atom stereocenters. The Morgan fingerprint density at radius 1 is 1.62 bits per heavy atom. The van der Waals surface area contributed by atoms with Gasteiger partial charge in [-0.2, -0.15) is 0 Å². The molecule has 0 aromatic heterocycles. The minimum atomic E-state index is -0.730. The van der Waals surface area contributed by atoms with Crippen molar-refractivity contribution in [1.29, 1.82) is 0 Å². The standard InChI is InChI=1S/C8H6BrClFNO/c9-5-2-1-4(6(13)3-12)8(11)7(5)10/h1-2H,3,12H2. The van der Waals surface area contributed by atoms with Gasteiger partial charge in [0.25, 0.3) is 0 Å². The van der Waals surface area contributed by atoms with E-state index in [0.717, 1.165) is 0 Å². The van der Waals surface area contributed by atoms with Crippen LogP contribution in [0.2, 0.25) is 5.02 Å². The highest BCUT2D eigenvalue weighted by Crippen LogP contribution is 2.27. The van der Waals surface area contributed by atoms with Crippen LogP contribution in [0.15, 0.2) is 16.6 Å². The van der Waals surface area contributed by atoms with Gasteiger partial charge in [0.05, 0.1) is 17.1 Å². The van der Waals surface area contributed by atoms with Crippen LogP contribution in [0.3, 0.4) is 0 Å². The van der Waals surface area contributed by atoms with Gasteiger partial charge in [-0.1, -0.05) is 11.6 Å². The third kappa shape index (κ3) is 2.07. The Labute approximate surface area is 88.0 Å². The maximum absolute atomic E-state index is 13.3. The first-order chi connectivity index (χ1) is 6.07. The largest absolute Gasteiger partial charge is 0.324 e. The average molecular weight is 266 g/mol. The van der Waals surface area contributed by atoms with E-state index in [-0.39, 0.29) is 17.1 Å². The summed E-state index contributed by atoms with van der Waals surface area (Å²) in [6.07, 6.45) is 0. The monoisotopic (exact) mass is 265 g/mol. The fourth-order valence-corrected chi connectivity index (χ4v) is 1.32. The first-order valence-corrected chi connectivity index (χ1v) is 4.61. The van der Waals surface area contributed by atoms with Gasteiger partial charge >= 0.3 is 0 Å². The van der Waals surface area contributed by atoms with Gasteiger partial charge < -0.3 is 5.73 Å². The van der Waals surface area contributed by atoms with E-state index >= 15 is 0 Å². The van der Waals surface area contributed by atoms with Gasteiger partial charge in [-0.15, -0.1) is 0 Å². The number of carbonyl (C=O) groups is 1. The number of ketones is 1. The molecular weight excluding hydrogens is 260 g/mol. The lowest BCUT2D eigenvalue weighted by atomic mass is 10.1. The van der Waals surface area contributed by atoms with E-state index in [1.54, 1.807) is 0 Å². The number of halogens is 3. The molecule has 1 aromatic rings. The maximum Gasteiger partial charge on any atom is 0.179 e. The zero-order valence-corrected chi connectivity index (χ0v) is 8.82. The number of nitrogens with two attached hydrogens (primary N) is 1. The van der Waals surface area contributed by atoms with E-state index in [4.69, 9.17) is 17.3 Å². The minimum absolute atomic E-state index is 0.0734. The summed E-state index contributed by atoms with van der Waals surface area (Å²) in [7, 11) is 0. The summed E-state index contributed by atoms with van der Waals surface area (Å²) in [6.45, 7) is -0.227. The van der Waals surface area contributed by atoms with E-state index in [1.165, 1.54) is 12.1 Å².